The van der Waals surface area contributed by atoms with Gasteiger partial charge in [0, 0.05) is 23.8 Å². The van der Waals surface area contributed by atoms with Gasteiger partial charge in [-0.2, -0.15) is 4.89 Å². The molecule has 1 aliphatic rings. The summed E-state index contributed by atoms with van der Waals surface area (Å²) in [5, 5.41) is -0.285. The Hall–Kier alpha value is -4.07. The van der Waals surface area contributed by atoms with Gasteiger partial charge in [0.2, 0.25) is 0 Å². The van der Waals surface area contributed by atoms with Gasteiger partial charge < -0.3 is 10.5 Å². The quantitative estimate of drug-likeness (QED) is 0.128. The van der Waals surface area contributed by atoms with Crippen molar-refractivity contribution < 1.29 is 23.7 Å². The lowest BCUT2D eigenvalue weighted by molar-refractivity contribution is -0.425. The van der Waals surface area contributed by atoms with Crippen molar-refractivity contribution in [2.75, 3.05) is 7.11 Å². The number of allylic oxidation sites excluding steroid dienone is 2. The van der Waals surface area contributed by atoms with Crippen LogP contribution in [0.3, 0.4) is 0 Å². The van der Waals surface area contributed by atoms with Crippen molar-refractivity contribution in [2.24, 2.45) is 5.73 Å². The summed E-state index contributed by atoms with van der Waals surface area (Å²) in [5.41, 5.74) is 7.47. The van der Waals surface area contributed by atoms with E-state index in [1.54, 1.807) is 78.9 Å². The van der Waals surface area contributed by atoms with Crippen LogP contribution in [0.4, 0.5) is 4.39 Å². The molecule has 2 N–H and O–H groups in total. The Morgan fingerprint density at radius 1 is 0.854 bits per heavy atom. The van der Waals surface area contributed by atoms with Gasteiger partial charge >= 0.3 is 0 Å². The van der Waals surface area contributed by atoms with Crippen molar-refractivity contribution in [1.29, 1.82) is 0 Å². The lowest BCUT2D eigenvalue weighted by Crippen LogP contribution is -2.52. The van der Waals surface area contributed by atoms with Crippen molar-refractivity contribution in [2.45, 2.75) is 24.2 Å². The van der Waals surface area contributed by atoms with Crippen LogP contribution in [0.1, 0.15) is 35.1 Å². The molecular formula is C34H29ClFNO4. The maximum absolute atomic E-state index is 16.8. The number of benzene rings is 4. The molecule has 0 bridgehead atoms. The van der Waals surface area contributed by atoms with Crippen LogP contribution in [0, 0.1) is 0 Å². The minimum Gasteiger partial charge on any atom is -0.401 e. The van der Waals surface area contributed by atoms with Crippen LogP contribution < -0.4 is 5.73 Å². The van der Waals surface area contributed by atoms with E-state index in [0.29, 0.717) is 22.3 Å². The van der Waals surface area contributed by atoms with Gasteiger partial charge in [0.05, 0.1) is 18.1 Å². The highest BCUT2D eigenvalue weighted by Gasteiger charge is 2.59. The zero-order valence-electron chi connectivity index (χ0n) is 22.6. The molecule has 0 saturated heterocycles. The first-order valence-electron chi connectivity index (χ1n) is 13.1. The number of ether oxygens (including phenoxy) is 1. The Morgan fingerprint density at radius 3 is 1.90 bits per heavy atom. The van der Waals surface area contributed by atoms with Crippen molar-refractivity contribution in [3.63, 3.8) is 0 Å². The molecule has 4 aromatic carbocycles. The van der Waals surface area contributed by atoms with E-state index in [2.05, 4.69) is 0 Å². The molecule has 0 saturated carbocycles. The molecular weight excluding hydrogens is 541 g/mol. The summed E-state index contributed by atoms with van der Waals surface area (Å²) < 4.78 is 23.7. The van der Waals surface area contributed by atoms with Gasteiger partial charge in [-0.1, -0.05) is 133 Å². The maximum Gasteiger partial charge on any atom is 0.288 e. The van der Waals surface area contributed by atoms with E-state index in [1.165, 1.54) is 14.0 Å². The lowest BCUT2D eigenvalue weighted by Gasteiger charge is -2.48. The second-order valence-electron chi connectivity index (χ2n) is 9.66. The van der Waals surface area contributed by atoms with Gasteiger partial charge in [0.15, 0.2) is 11.6 Å². The van der Waals surface area contributed by atoms with E-state index in [9.17, 15) is 4.79 Å². The van der Waals surface area contributed by atoms with Gasteiger partial charge in [-0.3, -0.25) is 4.79 Å². The Balaban J connectivity index is 1.90. The van der Waals surface area contributed by atoms with E-state index >= 15 is 4.39 Å². The highest BCUT2D eigenvalue weighted by molar-refractivity contribution is 6.32. The van der Waals surface area contributed by atoms with Crippen molar-refractivity contribution >= 4 is 23.0 Å². The molecule has 0 radical (unpaired) electrons. The molecule has 4 aromatic rings. The Kier molecular flexibility index (Phi) is 8.20. The Labute approximate surface area is 243 Å². The molecule has 0 fully saturated rings. The molecule has 0 amide bonds. The highest BCUT2D eigenvalue weighted by Crippen LogP contribution is 2.59. The number of carbonyl (C=O) groups is 1. The molecule has 0 aromatic heterocycles. The lowest BCUT2D eigenvalue weighted by atomic mass is 9.69. The van der Waals surface area contributed by atoms with Crippen LogP contribution in [0.15, 0.2) is 138 Å². The van der Waals surface area contributed by atoms with E-state index in [4.69, 9.17) is 31.8 Å². The monoisotopic (exact) mass is 569 g/mol. The highest BCUT2D eigenvalue weighted by atomic mass is 35.5. The van der Waals surface area contributed by atoms with Gasteiger partial charge in [0.1, 0.15) is 5.60 Å². The van der Waals surface area contributed by atoms with Crippen LogP contribution >= 0.6 is 11.6 Å². The fourth-order valence-corrected chi connectivity index (χ4v) is 5.80. The predicted molar refractivity (Wildman–Crippen MR) is 157 cm³/mol. The number of halogens is 2. The minimum absolute atomic E-state index is 0.153. The van der Waals surface area contributed by atoms with Gasteiger partial charge in [-0.15, -0.1) is 0 Å². The normalized spacial score (nSPS) is 20.5. The molecule has 0 heterocycles. The van der Waals surface area contributed by atoms with Crippen LogP contribution in [0.25, 0.3) is 5.57 Å². The van der Waals surface area contributed by atoms with Crippen LogP contribution in [0.2, 0.25) is 0 Å². The standard InChI is InChI=1S/C34H29ClFNO4/c1-23(38)34(41-39-2,27-21-13-6-14-22-27)40-33(26-19-11-5-12-20-26)29(25-17-9-4-10-18-25)31(37)28(30(36)32(33)35)24-15-7-3-8-16-24/h3-22,29H,37H2,1-2H3. The zero-order valence-corrected chi connectivity index (χ0v) is 23.3. The van der Waals surface area contributed by atoms with Crippen molar-refractivity contribution in [1.82, 2.24) is 0 Å². The smallest absolute Gasteiger partial charge is 0.288 e. The molecule has 41 heavy (non-hydrogen) atoms. The van der Waals surface area contributed by atoms with E-state index < -0.39 is 28.9 Å². The van der Waals surface area contributed by atoms with Gasteiger partial charge in [-0.25, -0.2) is 9.28 Å². The molecule has 5 rings (SSSR count). The third kappa shape index (κ3) is 4.89. The molecule has 5 nitrogen and oxygen atoms in total. The largest absolute Gasteiger partial charge is 0.401 e. The number of hydrogen-bond donors (Lipinski definition) is 1. The topological polar surface area (TPSA) is 70.8 Å². The molecule has 3 unspecified atom stereocenters. The first-order chi connectivity index (χ1) is 19.9. The van der Waals surface area contributed by atoms with E-state index in [-0.39, 0.29) is 16.3 Å². The maximum atomic E-state index is 16.8. The predicted octanol–water partition coefficient (Wildman–Crippen LogP) is 7.51. The Morgan fingerprint density at radius 2 is 1.37 bits per heavy atom. The molecule has 208 valence electrons. The average molecular weight is 570 g/mol. The van der Waals surface area contributed by atoms with Crippen molar-refractivity contribution in [3.8, 4) is 0 Å². The summed E-state index contributed by atoms with van der Waals surface area (Å²) in [4.78, 5) is 24.4. The number of carbonyl (C=O) groups excluding carboxylic acids is 1. The summed E-state index contributed by atoms with van der Waals surface area (Å²) in [5.74, 6) is -4.36. The minimum atomic E-state index is -2.15. The van der Waals surface area contributed by atoms with Gasteiger partial charge in [0.25, 0.3) is 5.79 Å². The molecule has 0 spiro atoms. The van der Waals surface area contributed by atoms with Crippen LogP contribution in [-0.2, 0) is 30.7 Å². The number of nitrogens with two attached hydrogens (primary N) is 1. The molecule has 7 heteroatoms. The third-order valence-corrected chi connectivity index (χ3v) is 7.71. The zero-order chi connectivity index (χ0) is 29.0. The summed E-state index contributed by atoms with van der Waals surface area (Å²) in [6, 6.07) is 35.8. The second kappa shape index (κ2) is 11.8. The first-order valence-corrected chi connectivity index (χ1v) is 13.4. The van der Waals surface area contributed by atoms with Crippen molar-refractivity contribution in [3.05, 3.63) is 160 Å². The van der Waals surface area contributed by atoms with E-state index in [0.717, 1.165) is 0 Å². The fourth-order valence-electron chi connectivity index (χ4n) is 5.45. The fraction of sp³-hybridized carbons (Fsp3) is 0.147. The summed E-state index contributed by atoms with van der Waals surface area (Å²) in [6.07, 6.45) is 0. The molecule has 1 aliphatic carbocycles. The second-order valence-corrected chi connectivity index (χ2v) is 10.0. The number of Topliss-reactive ketones (excluding diaryl/α,β-unsaturated/α-hetero) is 1. The summed E-state index contributed by atoms with van der Waals surface area (Å²) in [7, 11) is 1.27. The summed E-state index contributed by atoms with van der Waals surface area (Å²) in [6.45, 7) is 1.31. The summed E-state index contributed by atoms with van der Waals surface area (Å²) >= 11 is 7.16. The van der Waals surface area contributed by atoms with Gasteiger partial charge in [-0.05, 0) is 16.7 Å². The number of hydrogen-bond acceptors (Lipinski definition) is 5. The van der Waals surface area contributed by atoms with Crippen LogP contribution in [-0.4, -0.2) is 12.9 Å². The van der Waals surface area contributed by atoms with E-state index in [1.807, 2.05) is 42.5 Å². The van der Waals surface area contributed by atoms with Crippen LogP contribution in [0.5, 0.6) is 0 Å². The number of ketones is 1. The molecule has 0 aliphatic heterocycles. The average Bonchev–Trinajstić information content (AvgIpc) is 3.01. The molecule has 3 atom stereocenters. The SMILES string of the molecule is COOC(OC1(c2ccccc2)C(Cl)=C(F)C(c2ccccc2)=C(N)C1c1ccccc1)(C(C)=O)c1ccccc1. The number of rotatable bonds is 9. The first kappa shape index (κ1) is 28.5. The third-order valence-electron chi connectivity index (χ3n) is 7.27. The Bertz CT molecular complexity index is 1580.